The number of para-hydroxylation sites is 1. The lowest BCUT2D eigenvalue weighted by Crippen LogP contribution is -2.32. The Morgan fingerprint density at radius 1 is 0.841 bits per heavy atom. The van der Waals surface area contributed by atoms with Crippen LogP contribution in [0.25, 0.3) is 28.2 Å². The number of hydrogen-bond acceptors (Lipinski definition) is 5. The van der Waals surface area contributed by atoms with Crippen LogP contribution in [0.3, 0.4) is 0 Å². The van der Waals surface area contributed by atoms with E-state index in [0.717, 1.165) is 69.8 Å². The van der Waals surface area contributed by atoms with Crippen molar-refractivity contribution in [2.45, 2.75) is 25.3 Å². The number of aromatic nitrogens is 1. The van der Waals surface area contributed by atoms with Crippen LogP contribution in [0.2, 0.25) is 0 Å². The highest BCUT2D eigenvalue weighted by Crippen LogP contribution is 2.45. The van der Waals surface area contributed by atoms with Crippen molar-refractivity contribution in [2.75, 3.05) is 14.2 Å². The number of ether oxygens (including phenoxy) is 2. The summed E-state index contributed by atoms with van der Waals surface area (Å²) < 4.78 is 10.8. The summed E-state index contributed by atoms with van der Waals surface area (Å²) in [6.07, 6.45) is 5.09. The first kappa shape index (κ1) is 27.6. The number of allylic oxidation sites excluding steroid dienone is 1. The maximum atomic E-state index is 14.8. The van der Waals surface area contributed by atoms with Crippen LogP contribution in [-0.4, -0.2) is 35.8 Å². The summed E-state index contributed by atoms with van der Waals surface area (Å²) in [5.41, 5.74) is 7.38. The molecule has 1 aromatic heterocycles. The quantitative estimate of drug-likeness (QED) is 0.203. The second-order valence-corrected chi connectivity index (χ2v) is 11.2. The highest BCUT2D eigenvalue weighted by molar-refractivity contribution is 6.12. The molecule has 2 atom stereocenters. The van der Waals surface area contributed by atoms with E-state index in [1.54, 1.807) is 19.2 Å². The Hall–Kier alpha value is -5.23. The second-order valence-electron chi connectivity index (χ2n) is 11.2. The number of carbonyl (C=O) groups is 1. The summed E-state index contributed by atoms with van der Waals surface area (Å²) in [5, 5.41) is 7.71. The first-order valence-electron chi connectivity index (χ1n) is 15.0. The number of carbonyl (C=O) groups excluding carboxylic acids is 1. The van der Waals surface area contributed by atoms with Gasteiger partial charge < -0.3 is 9.47 Å². The predicted molar refractivity (Wildman–Crippen MR) is 175 cm³/mol. The molecule has 0 bridgehead atoms. The van der Waals surface area contributed by atoms with Gasteiger partial charge in [0.15, 0.2) is 0 Å². The molecule has 5 aromatic rings. The van der Waals surface area contributed by atoms with E-state index in [2.05, 4.69) is 30.3 Å². The topological polar surface area (TPSA) is 64.0 Å². The summed E-state index contributed by atoms with van der Waals surface area (Å²) in [5.74, 6) is 1.55. The summed E-state index contributed by atoms with van der Waals surface area (Å²) in [7, 11) is 3.34. The van der Waals surface area contributed by atoms with Gasteiger partial charge >= 0.3 is 0 Å². The van der Waals surface area contributed by atoms with Gasteiger partial charge in [0.25, 0.3) is 5.91 Å². The summed E-state index contributed by atoms with van der Waals surface area (Å²) in [4.78, 5) is 19.7. The average molecular weight is 580 g/mol. The van der Waals surface area contributed by atoms with Crippen molar-refractivity contribution in [3.8, 4) is 22.8 Å². The van der Waals surface area contributed by atoms with Gasteiger partial charge in [-0.25, -0.2) is 9.99 Å². The minimum absolute atomic E-state index is 0.0762. The molecule has 7 rings (SSSR count). The number of fused-ring (bicyclic) bond motifs is 2. The number of rotatable bonds is 6. The van der Waals surface area contributed by atoms with E-state index < -0.39 is 0 Å². The zero-order valence-electron chi connectivity index (χ0n) is 24.8. The van der Waals surface area contributed by atoms with Crippen molar-refractivity contribution in [3.63, 3.8) is 0 Å². The molecule has 1 saturated carbocycles. The van der Waals surface area contributed by atoms with Crippen LogP contribution in [0.5, 0.6) is 11.5 Å². The fourth-order valence-corrected chi connectivity index (χ4v) is 6.44. The summed E-state index contributed by atoms with van der Waals surface area (Å²) >= 11 is 0. The van der Waals surface area contributed by atoms with E-state index in [1.807, 2.05) is 84.9 Å². The van der Waals surface area contributed by atoms with Crippen LogP contribution < -0.4 is 9.47 Å². The van der Waals surface area contributed by atoms with E-state index >= 15 is 0 Å². The molecule has 4 aromatic carbocycles. The number of benzene rings is 4. The third-order valence-electron chi connectivity index (χ3n) is 8.64. The Balaban J connectivity index is 1.36. The van der Waals surface area contributed by atoms with E-state index in [-0.39, 0.29) is 17.9 Å². The molecule has 0 saturated heterocycles. The SMILES string of the molecule is COc1ccc(C=C2CCCC3C2=NN(C(=O)c2cc(-c4ccccc4)nc4ccccc24)C3c2ccc(OC)cc2)cc1. The Morgan fingerprint density at radius 2 is 1.52 bits per heavy atom. The molecule has 1 fully saturated rings. The normalized spacial score (nSPS) is 18.6. The number of amides is 1. The molecule has 0 spiro atoms. The van der Waals surface area contributed by atoms with Crippen molar-refractivity contribution in [1.29, 1.82) is 0 Å². The molecule has 1 aliphatic carbocycles. The van der Waals surface area contributed by atoms with Crippen LogP contribution in [0.15, 0.2) is 120 Å². The lowest BCUT2D eigenvalue weighted by Gasteiger charge is -2.30. The minimum atomic E-state index is -0.241. The molecule has 1 aliphatic heterocycles. The van der Waals surface area contributed by atoms with Crippen LogP contribution in [-0.2, 0) is 0 Å². The van der Waals surface area contributed by atoms with E-state index in [9.17, 15) is 4.79 Å². The summed E-state index contributed by atoms with van der Waals surface area (Å²) in [6, 6.07) is 35.6. The molecule has 44 heavy (non-hydrogen) atoms. The van der Waals surface area contributed by atoms with E-state index in [1.165, 1.54) is 5.57 Å². The molecular formula is C38H33N3O3. The van der Waals surface area contributed by atoms with E-state index in [0.29, 0.717) is 5.56 Å². The summed E-state index contributed by atoms with van der Waals surface area (Å²) in [6.45, 7) is 0. The second kappa shape index (κ2) is 11.8. The molecule has 2 unspecified atom stereocenters. The van der Waals surface area contributed by atoms with Crippen molar-refractivity contribution in [2.24, 2.45) is 11.0 Å². The van der Waals surface area contributed by atoms with Gasteiger partial charge in [-0.1, -0.05) is 72.8 Å². The molecule has 6 heteroatoms. The lowest BCUT2D eigenvalue weighted by atomic mass is 9.77. The average Bonchev–Trinajstić information content (AvgIpc) is 3.49. The van der Waals surface area contributed by atoms with Gasteiger partial charge in [-0.3, -0.25) is 4.79 Å². The number of pyridine rings is 1. The third-order valence-corrected chi connectivity index (χ3v) is 8.64. The smallest absolute Gasteiger partial charge is 0.275 e. The lowest BCUT2D eigenvalue weighted by molar-refractivity contribution is 0.0683. The molecule has 0 N–H and O–H groups in total. The number of methoxy groups -OCH3 is 2. The van der Waals surface area contributed by atoms with Gasteiger partial charge in [-0.15, -0.1) is 0 Å². The number of nitrogens with zero attached hydrogens (tertiary/aromatic N) is 3. The maximum absolute atomic E-state index is 14.8. The van der Waals surface area contributed by atoms with Gasteiger partial charge in [0.05, 0.1) is 42.7 Å². The standard InChI is InChI=1S/C38H33N3O3/c1-43-29-19-15-25(16-20-29)23-28-11-8-13-32-36(28)40-41(37(32)27-17-21-30(44-2)22-18-27)38(42)33-24-35(26-9-4-3-5-10-26)39-34-14-7-6-12-31(33)34/h3-7,9-10,12,14-24,32,37H,8,11,13H2,1-2H3. The minimum Gasteiger partial charge on any atom is -0.497 e. The third kappa shape index (κ3) is 5.13. The van der Waals surface area contributed by atoms with Crippen molar-refractivity contribution in [3.05, 3.63) is 131 Å². The van der Waals surface area contributed by atoms with Crippen LogP contribution in [0, 0.1) is 5.92 Å². The monoisotopic (exact) mass is 579 g/mol. The van der Waals surface area contributed by atoms with Gasteiger partial charge in [-0.2, -0.15) is 5.10 Å². The Labute approximate surface area is 257 Å². The highest BCUT2D eigenvalue weighted by Gasteiger charge is 2.44. The highest BCUT2D eigenvalue weighted by atomic mass is 16.5. The van der Waals surface area contributed by atoms with Crippen molar-refractivity contribution in [1.82, 2.24) is 9.99 Å². The predicted octanol–water partition coefficient (Wildman–Crippen LogP) is 8.36. The maximum Gasteiger partial charge on any atom is 0.275 e. The zero-order valence-corrected chi connectivity index (χ0v) is 24.8. The van der Waals surface area contributed by atoms with E-state index in [4.69, 9.17) is 19.6 Å². The van der Waals surface area contributed by atoms with Gasteiger partial charge in [0, 0.05) is 16.9 Å². The molecule has 6 nitrogen and oxygen atoms in total. The van der Waals surface area contributed by atoms with Crippen molar-refractivity contribution >= 4 is 28.6 Å². The van der Waals surface area contributed by atoms with Gasteiger partial charge in [0.1, 0.15) is 11.5 Å². The fraction of sp³-hybridized carbons (Fsp3) is 0.184. The zero-order chi connectivity index (χ0) is 30.0. The number of hydrazone groups is 1. The van der Waals surface area contributed by atoms with Crippen LogP contribution in [0.4, 0.5) is 0 Å². The van der Waals surface area contributed by atoms with Crippen LogP contribution >= 0.6 is 0 Å². The van der Waals surface area contributed by atoms with Crippen molar-refractivity contribution < 1.29 is 14.3 Å². The van der Waals surface area contributed by atoms with Crippen LogP contribution in [0.1, 0.15) is 46.8 Å². The first-order valence-corrected chi connectivity index (χ1v) is 15.0. The molecule has 1 amide bonds. The number of hydrogen-bond donors (Lipinski definition) is 0. The molecule has 218 valence electrons. The molecule has 2 aliphatic rings. The molecular weight excluding hydrogens is 546 g/mol. The Bertz CT molecular complexity index is 1880. The Kier molecular flexibility index (Phi) is 7.40. The Morgan fingerprint density at radius 3 is 2.25 bits per heavy atom. The molecule has 0 radical (unpaired) electrons. The largest absolute Gasteiger partial charge is 0.497 e. The molecule has 2 heterocycles. The fourth-order valence-electron chi connectivity index (χ4n) is 6.44. The van der Waals surface area contributed by atoms with Gasteiger partial charge in [0.2, 0.25) is 0 Å². The first-order chi connectivity index (χ1) is 21.6. The van der Waals surface area contributed by atoms with Gasteiger partial charge in [-0.05, 0) is 78.4 Å².